The van der Waals surface area contributed by atoms with Crippen LogP contribution in [0.5, 0.6) is 5.88 Å². The van der Waals surface area contributed by atoms with Crippen LogP contribution in [0.3, 0.4) is 0 Å². The molecule has 0 spiro atoms. The summed E-state index contributed by atoms with van der Waals surface area (Å²) in [4.78, 5) is 13.0. The van der Waals surface area contributed by atoms with E-state index < -0.39 is 0 Å². The molecule has 0 amide bonds. The Morgan fingerprint density at radius 2 is 2.15 bits per heavy atom. The van der Waals surface area contributed by atoms with Crippen molar-refractivity contribution < 1.29 is 4.74 Å². The van der Waals surface area contributed by atoms with E-state index in [2.05, 4.69) is 43.1 Å². The Kier molecular flexibility index (Phi) is 5.29. The molecule has 0 radical (unpaired) electrons. The van der Waals surface area contributed by atoms with Crippen LogP contribution in [0.1, 0.15) is 24.7 Å². The molecule has 0 atom stereocenters. The zero-order chi connectivity index (χ0) is 14.4. The number of hydrogen-bond acceptors (Lipinski definition) is 5. The molecule has 20 heavy (non-hydrogen) atoms. The molecule has 106 valence electrons. The monoisotopic (exact) mass is 336 g/mol. The second kappa shape index (κ2) is 7.19. The molecule has 2 aromatic heterocycles. The lowest BCUT2D eigenvalue weighted by Crippen LogP contribution is -2.05. The zero-order valence-electron chi connectivity index (χ0n) is 11.6. The first-order valence-corrected chi connectivity index (χ1v) is 7.27. The van der Waals surface area contributed by atoms with E-state index in [4.69, 9.17) is 4.74 Å². The maximum atomic E-state index is 5.03. The summed E-state index contributed by atoms with van der Waals surface area (Å²) < 4.78 is 5.83. The van der Waals surface area contributed by atoms with Crippen molar-refractivity contribution in [3.63, 3.8) is 0 Å². The summed E-state index contributed by atoms with van der Waals surface area (Å²) in [5.74, 6) is 2.27. The van der Waals surface area contributed by atoms with E-state index in [-0.39, 0.29) is 0 Å². The van der Waals surface area contributed by atoms with Crippen LogP contribution >= 0.6 is 15.9 Å². The molecule has 0 bridgehead atoms. The lowest BCUT2D eigenvalue weighted by Gasteiger charge is -2.08. The van der Waals surface area contributed by atoms with Gasteiger partial charge in [0.1, 0.15) is 16.2 Å². The molecule has 0 aromatic carbocycles. The van der Waals surface area contributed by atoms with Gasteiger partial charge in [-0.15, -0.1) is 0 Å². The van der Waals surface area contributed by atoms with Crippen LogP contribution in [0.2, 0.25) is 0 Å². The van der Waals surface area contributed by atoms with Gasteiger partial charge in [0.15, 0.2) is 0 Å². The van der Waals surface area contributed by atoms with Crippen molar-refractivity contribution in [1.29, 1.82) is 0 Å². The van der Waals surface area contributed by atoms with Gasteiger partial charge in [-0.1, -0.05) is 13.0 Å². The smallest absolute Gasteiger partial charge is 0.212 e. The maximum Gasteiger partial charge on any atom is 0.212 e. The summed E-state index contributed by atoms with van der Waals surface area (Å²) in [6.07, 6.45) is 3.69. The number of hydrogen-bond donors (Lipinski definition) is 1. The average Bonchev–Trinajstić information content (AvgIpc) is 2.45. The van der Waals surface area contributed by atoms with Crippen molar-refractivity contribution in [2.75, 3.05) is 12.4 Å². The van der Waals surface area contributed by atoms with Gasteiger partial charge in [0.05, 0.1) is 7.11 Å². The number of anilines is 1. The van der Waals surface area contributed by atoms with E-state index in [1.807, 2.05) is 18.2 Å². The molecule has 2 heterocycles. The average molecular weight is 337 g/mol. The van der Waals surface area contributed by atoms with Crippen LogP contribution in [-0.2, 0) is 13.0 Å². The Hall–Kier alpha value is -1.69. The van der Waals surface area contributed by atoms with E-state index in [0.717, 1.165) is 34.7 Å². The first-order valence-electron chi connectivity index (χ1n) is 6.47. The number of ether oxygens (including phenoxy) is 1. The molecule has 0 aliphatic heterocycles. The van der Waals surface area contributed by atoms with Gasteiger partial charge < -0.3 is 10.1 Å². The van der Waals surface area contributed by atoms with Crippen molar-refractivity contribution in [3.05, 3.63) is 40.4 Å². The SMILES string of the molecule is CCCc1nc(Br)cc(NCc2ccc(OC)nc2)n1. The van der Waals surface area contributed by atoms with E-state index in [0.29, 0.717) is 12.4 Å². The molecule has 5 nitrogen and oxygen atoms in total. The number of halogens is 1. The van der Waals surface area contributed by atoms with Crippen LogP contribution in [-0.4, -0.2) is 22.1 Å². The summed E-state index contributed by atoms with van der Waals surface area (Å²) in [6, 6.07) is 5.69. The number of rotatable bonds is 6. The van der Waals surface area contributed by atoms with E-state index in [1.54, 1.807) is 13.3 Å². The van der Waals surface area contributed by atoms with E-state index >= 15 is 0 Å². The van der Waals surface area contributed by atoms with Gasteiger partial charge in [-0.05, 0) is 27.9 Å². The number of pyridine rings is 1. The number of nitrogens with zero attached hydrogens (tertiary/aromatic N) is 3. The highest BCUT2D eigenvalue weighted by atomic mass is 79.9. The van der Waals surface area contributed by atoms with Crippen LogP contribution in [0.15, 0.2) is 29.0 Å². The van der Waals surface area contributed by atoms with Gasteiger partial charge in [0.25, 0.3) is 0 Å². The van der Waals surface area contributed by atoms with Crippen LogP contribution in [0.4, 0.5) is 5.82 Å². The molecule has 0 fully saturated rings. The summed E-state index contributed by atoms with van der Waals surface area (Å²) in [5.41, 5.74) is 1.07. The molecule has 0 aliphatic rings. The molecule has 0 aliphatic carbocycles. The molecule has 2 aromatic rings. The molecule has 0 saturated heterocycles. The van der Waals surface area contributed by atoms with Gasteiger partial charge in [0.2, 0.25) is 5.88 Å². The quantitative estimate of drug-likeness (QED) is 0.820. The first kappa shape index (κ1) is 14.7. The van der Waals surface area contributed by atoms with Gasteiger partial charge in [-0.25, -0.2) is 15.0 Å². The predicted molar refractivity (Wildman–Crippen MR) is 81.8 cm³/mol. The minimum absolute atomic E-state index is 0.615. The normalized spacial score (nSPS) is 10.3. The van der Waals surface area contributed by atoms with Crippen molar-refractivity contribution in [2.24, 2.45) is 0 Å². The summed E-state index contributed by atoms with van der Waals surface area (Å²) >= 11 is 3.41. The largest absolute Gasteiger partial charge is 0.481 e. The summed E-state index contributed by atoms with van der Waals surface area (Å²) in [6.45, 7) is 2.77. The Bertz CT molecular complexity index is 560. The predicted octanol–water partition coefficient (Wildman–Crippen LogP) is 3.21. The molecular formula is C14H17BrN4O. The molecule has 2 rings (SSSR count). The van der Waals surface area contributed by atoms with Gasteiger partial charge in [-0.3, -0.25) is 0 Å². The highest BCUT2D eigenvalue weighted by Gasteiger charge is 2.03. The second-order valence-electron chi connectivity index (χ2n) is 4.30. The zero-order valence-corrected chi connectivity index (χ0v) is 13.1. The standard InChI is InChI=1S/C14H17BrN4O/c1-3-4-12-18-11(15)7-13(19-12)16-8-10-5-6-14(20-2)17-9-10/h5-7,9H,3-4,8H2,1-2H3,(H,16,18,19). The van der Waals surface area contributed by atoms with Crippen molar-refractivity contribution in [3.8, 4) is 5.88 Å². The fraction of sp³-hybridized carbons (Fsp3) is 0.357. The number of aryl methyl sites for hydroxylation is 1. The molecule has 0 saturated carbocycles. The first-order chi connectivity index (χ1) is 9.71. The highest BCUT2D eigenvalue weighted by Crippen LogP contribution is 2.14. The highest BCUT2D eigenvalue weighted by molar-refractivity contribution is 9.10. The lowest BCUT2D eigenvalue weighted by atomic mass is 10.3. The minimum Gasteiger partial charge on any atom is -0.481 e. The fourth-order valence-electron chi connectivity index (χ4n) is 1.72. The van der Waals surface area contributed by atoms with Crippen LogP contribution in [0.25, 0.3) is 0 Å². The Morgan fingerprint density at radius 1 is 1.30 bits per heavy atom. The number of methoxy groups -OCH3 is 1. The second-order valence-corrected chi connectivity index (χ2v) is 5.12. The molecule has 6 heteroatoms. The topological polar surface area (TPSA) is 59.9 Å². The Morgan fingerprint density at radius 3 is 2.80 bits per heavy atom. The van der Waals surface area contributed by atoms with Gasteiger partial charge in [0, 0.05) is 31.3 Å². The summed E-state index contributed by atoms with van der Waals surface area (Å²) in [7, 11) is 1.61. The third-order valence-electron chi connectivity index (χ3n) is 2.70. The lowest BCUT2D eigenvalue weighted by molar-refractivity contribution is 0.397. The van der Waals surface area contributed by atoms with E-state index in [1.165, 1.54) is 0 Å². The molecule has 0 unspecified atom stereocenters. The number of aromatic nitrogens is 3. The van der Waals surface area contributed by atoms with Crippen LogP contribution < -0.4 is 10.1 Å². The molecular weight excluding hydrogens is 320 g/mol. The maximum absolute atomic E-state index is 5.03. The van der Waals surface area contributed by atoms with Crippen LogP contribution in [0, 0.1) is 0 Å². The third kappa shape index (κ3) is 4.16. The minimum atomic E-state index is 0.615. The van der Waals surface area contributed by atoms with Crippen molar-refractivity contribution in [2.45, 2.75) is 26.3 Å². The number of nitrogens with one attached hydrogen (secondary N) is 1. The Balaban J connectivity index is 2.02. The third-order valence-corrected chi connectivity index (χ3v) is 3.10. The fourth-order valence-corrected chi connectivity index (χ4v) is 2.14. The van der Waals surface area contributed by atoms with Gasteiger partial charge >= 0.3 is 0 Å². The van der Waals surface area contributed by atoms with Crippen molar-refractivity contribution in [1.82, 2.24) is 15.0 Å². The Labute approximate surface area is 127 Å². The van der Waals surface area contributed by atoms with Gasteiger partial charge in [-0.2, -0.15) is 0 Å². The van der Waals surface area contributed by atoms with Crippen molar-refractivity contribution >= 4 is 21.7 Å². The summed E-state index contributed by atoms with van der Waals surface area (Å²) in [5, 5.41) is 3.28. The van der Waals surface area contributed by atoms with E-state index in [9.17, 15) is 0 Å². The molecule has 1 N–H and O–H groups in total.